The van der Waals surface area contributed by atoms with Crippen LogP contribution in [0.5, 0.6) is 0 Å². The number of hydrogen-bond donors (Lipinski definition) is 0. The summed E-state index contributed by atoms with van der Waals surface area (Å²) in [4.78, 5) is 27.1. The maximum absolute atomic E-state index is 13.4. The second-order valence-electron chi connectivity index (χ2n) is 10.5. The van der Waals surface area contributed by atoms with E-state index in [9.17, 15) is 22.8 Å². The van der Waals surface area contributed by atoms with Crippen molar-refractivity contribution in [3.8, 4) is 0 Å². The third-order valence-corrected chi connectivity index (χ3v) is 6.05. The summed E-state index contributed by atoms with van der Waals surface area (Å²) in [6.07, 6.45) is -2.20. The van der Waals surface area contributed by atoms with Crippen molar-refractivity contribution in [3.63, 3.8) is 0 Å². The van der Waals surface area contributed by atoms with E-state index >= 15 is 0 Å². The summed E-state index contributed by atoms with van der Waals surface area (Å²) in [6.45, 7) is 9.52. The minimum absolute atomic E-state index is 0.0475. The molecule has 0 bridgehead atoms. The third kappa shape index (κ3) is 6.30. The van der Waals surface area contributed by atoms with Crippen molar-refractivity contribution >= 4 is 18.1 Å². The Morgan fingerprint density at radius 3 is 2.30 bits per heavy atom. The molecule has 1 saturated carbocycles. The van der Waals surface area contributed by atoms with Crippen LogP contribution in [0.2, 0.25) is 0 Å². The van der Waals surface area contributed by atoms with Crippen LogP contribution >= 0.6 is 0 Å². The van der Waals surface area contributed by atoms with Crippen LogP contribution in [-0.2, 0) is 9.53 Å². The molecular formula is C25H33F3N2O3. The van der Waals surface area contributed by atoms with Gasteiger partial charge in [-0.1, -0.05) is 55.8 Å². The number of alkyl halides is 3. The summed E-state index contributed by atoms with van der Waals surface area (Å²) in [5.41, 5.74) is 0.776. The third-order valence-electron chi connectivity index (χ3n) is 6.05. The molecule has 2 aliphatic rings. The van der Waals surface area contributed by atoms with Gasteiger partial charge in [0.05, 0.1) is 0 Å². The Morgan fingerprint density at radius 2 is 1.79 bits per heavy atom. The van der Waals surface area contributed by atoms with Crippen LogP contribution < -0.4 is 0 Å². The van der Waals surface area contributed by atoms with Gasteiger partial charge < -0.3 is 14.5 Å². The van der Waals surface area contributed by atoms with Crippen LogP contribution in [0.25, 0.3) is 6.08 Å². The van der Waals surface area contributed by atoms with Gasteiger partial charge in [-0.15, -0.1) is 0 Å². The fraction of sp³-hybridized carbons (Fsp3) is 0.600. The number of amides is 2. The molecule has 1 heterocycles. The highest BCUT2D eigenvalue weighted by Crippen LogP contribution is 2.46. The van der Waals surface area contributed by atoms with Gasteiger partial charge in [-0.3, -0.25) is 4.79 Å². The second kappa shape index (κ2) is 9.03. The van der Waals surface area contributed by atoms with Gasteiger partial charge in [0.25, 0.3) is 0 Å². The fourth-order valence-corrected chi connectivity index (χ4v) is 4.50. The van der Waals surface area contributed by atoms with E-state index in [0.29, 0.717) is 12.8 Å². The van der Waals surface area contributed by atoms with Crippen LogP contribution in [0.15, 0.2) is 35.9 Å². The van der Waals surface area contributed by atoms with Gasteiger partial charge in [-0.05, 0) is 39.2 Å². The molecule has 0 radical (unpaired) electrons. The first-order chi connectivity index (χ1) is 15.2. The SMILES string of the molecule is CC/C(=C\c1ccccc1)C1CC1N(CC1(C)CN(C(=O)OC(C)(C)C)C1)C(=O)C(F)(F)F. The molecule has 1 saturated heterocycles. The van der Waals surface area contributed by atoms with Crippen LogP contribution in [0, 0.1) is 11.3 Å². The molecule has 33 heavy (non-hydrogen) atoms. The van der Waals surface area contributed by atoms with E-state index in [0.717, 1.165) is 16.0 Å². The van der Waals surface area contributed by atoms with E-state index < -0.39 is 35.2 Å². The van der Waals surface area contributed by atoms with Gasteiger partial charge in [-0.25, -0.2) is 4.79 Å². The van der Waals surface area contributed by atoms with E-state index in [2.05, 4.69) is 0 Å². The molecule has 1 aliphatic heterocycles. The first-order valence-electron chi connectivity index (χ1n) is 11.3. The van der Waals surface area contributed by atoms with Crippen molar-refractivity contribution < 1.29 is 27.5 Å². The summed E-state index contributed by atoms with van der Waals surface area (Å²) in [6, 6.07) is 9.15. The summed E-state index contributed by atoms with van der Waals surface area (Å²) in [7, 11) is 0. The number of rotatable bonds is 6. The Balaban J connectivity index is 1.72. The first-order valence-corrected chi connectivity index (χ1v) is 11.3. The lowest BCUT2D eigenvalue weighted by Crippen LogP contribution is -2.63. The molecule has 2 unspecified atom stereocenters. The van der Waals surface area contributed by atoms with Gasteiger partial charge >= 0.3 is 18.2 Å². The zero-order chi connectivity index (χ0) is 24.6. The lowest BCUT2D eigenvalue weighted by Gasteiger charge is -2.49. The Kier molecular flexibility index (Phi) is 6.87. The molecule has 2 fully saturated rings. The molecule has 3 rings (SSSR count). The smallest absolute Gasteiger partial charge is 0.444 e. The molecule has 2 amide bonds. The number of ether oxygens (including phenoxy) is 1. The maximum Gasteiger partial charge on any atom is 0.471 e. The topological polar surface area (TPSA) is 49.9 Å². The highest BCUT2D eigenvalue weighted by Gasteiger charge is 2.55. The molecule has 2 atom stereocenters. The van der Waals surface area contributed by atoms with Crippen molar-refractivity contribution in [3.05, 3.63) is 41.5 Å². The van der Waals surface area contributed by atoms with Crippen molar-refractivity contribution in [2.75, 3.05) is 19.6 Å². The van der Waals surface area contributed by atoms with Gasteiger partial charge in [-0.2, -0.15) is 13.2 Å². The van der Waals surface area contributed by atoms with Crippen molar-refractivity contribution in [1.82, 2.24) is 9.80 Å². The lowest BCUT2D eigenvalue weighted by atomic mass is 9.81. The minimum atomic E-state index is -4.94. The summed E-state index contributed by atoms with van der Waals surface area (Å²) in [5.74, 6) is -1.89. The van der Waals surface area contributed by atoms with Crippen LogP contribution in [0.1, 0.15) is 53.0 Å². The van der Waals surface area contributed by atoms with Crippen LogP contribution in [-0.4, -0.2) is 59.3 Å². The minimum Gasteiger partial charge on any atom is -0.444 e. The lowest BCUT2D eigenvalue weighted by molar-refractivity contribution is -0.189. The highest BCUT2D eigenvalue weighted by molar-refractivity contribution is 5.83. The number of carbonyl (C=O) groups is 2. The van der Waals surface area contributed by atoms with E-state index in [4.69, 9.17) is 4.74 Å². The van der Waals surface area contributed by atoms with Gasteiger partial charge in [0.1, 0.15) is 5.60 Å². The molecule has 0 aromatic heterocycles. The highest BCUT2D eigenvalue weighted by atomic mass is 19.4. The predicted octanol–water partition coefficient (Wildman–Crippen LogP) is 5.52. The molecule has 0 N–H and O–H groups in total. The van der Waals surface area contributed by atoms with E-state index in [1.165, 1.54) is 4.90 Å². The summed E-state index contributed by atoms with van der Waals surface area (Å²) < 4.78 is 45.7. The molecule has 8 heteroatoms. The zero-order valence-corrected chi connectivity index (χ0v) is 19.9. The molecule has 1 aromatic carbocycles. The van der Waals surface area contributed by atoms with E-state index in [1.54, 1.807) is 20.8 Å². The average Bonchev–Trinajstić information content (AvgIpc) is 3.46. The number of likely N-dealkylation sites (tertiary alicyclic amines) is 1. The average molecular weight is 467 g/mol. The van der Waals surface area contributed by atoms with Gasteiger partial charge in [0, 0.05) is 37.0 Å². The van der Waals surface area contributed by atoms with Gasteiger partial charge in [0.15, 0.2) is 0 Å². The Morgan fingerprint density at radius 1 is 1.18 bits per heavy atom. The van der Waals surface area contributed by atoms with Gasteiger partial charge in [0.2, 0.25) is 0 Å². The van der Waals surface area contributed by atoms with Crippen molar-refractivity contribution in [2.24, 2.45) is 11.3 Å². The fourth-order valence-electron chi connectivity index (χ4n) is 4.50. The van der Waals surface area contributed by atoms with Crippen molar-refractivity contribution in [2.45, 2.75) is 65.3 Å². The molecule has 0 spiro atoms. The van der Waals surface area contributed by atoms with E-state index in [-0.39, 0.29) is 25.6 Å². The predicted molar refractivity (Wildman–Crippen MR) is 120 cm³/mol. The van der Waals surface area contributed by atoms with Crippen LogP contribution in [0.4, 0.5) is 18.0 Å². The number of halogens is 3. The van der Waals surface area contributed by atoms with E-state index in [1.807, 2.05) is 50.3 Å². The summed E-state index contributed by atoms with van der Waals surface area (Å²) >= 11 is 0. The Bertz CT molecular complexity index is 900. The van der Waals surface area contributed by atoms with Crippen molar-refractivity contribution in [1.29, 1.82) is 0 Å². The normalized spacial score (nSPS) is 22.4. The van der Waals surface area contributed by atoms with Crippen LogP contribution in [0.3, 0.4) is 0 Å². The number of carbonyl (C=O) groups excluding carboxylic acids is 2. The quantitative estimate of drug-likeness (QED) is 0.555. The number of benzene rings is 1. The molecular weight excluding hydrogens is 433 g/mol. The monoisotopic (exact) mass is 466 g/mol. The number of hydrogen-bond acceptors (Lipinski definition) is 3. The molecule has 1 aliphatic carbocycles. The molecule has 1 aromatic rings. The largest absolute Gasteiger partial charge is 0.471 e. The Hall–Kier alpha value is -2.51. The standard InChI is InChI=1S/C25H33F3N2O3/c1-6-18(12-17-10-8-7-9-11-17)19-13-20(19)30(21(31)25(26,27)28)16-24(5)14-29(15-24)22(32)33-23(2,3)4/h7-12,19-20H,6,13-16H2,1-5H3/b18-12+. The Labute approximate surface area is 193 Å². The summed E-state index contributed by atoms with van der Waals surface area (Å²) in [5, 5.41) is 0. The zero-order valence-electron chi connectivity index (χ0n) is 19.9. The molecule has 5 nitrogen and oxygen atoms in total. The second-order valence-corrected chi connectivity index (χ2v) is 10.5. The maximum atomic E-state index is 13.4. The molecule has 182 valence electrons. The number of nitrogens with zero attached hydrogens (tertiary/aromatic N) is 2. The first kappa shape index (κ1) is 25.1.